The van der Waals surface area contributed by atoms with Gasteiger partial charge in [0.25, 0.3) is 10.2 Å². The molecule has 0 aromatic carbocycles. The third-order valence-electron chi connectivity index (χ3n) is 1.11. The fourth-order valence-corrected chi connectivity index (χ4v) is 1.49. The highest BCUT2D eigenvalue weighted by atomic mass is 32.2. The summed E-state index contributed by atoms with van der Waals surface area (Å²) in [6, 6.07) is 0. The lowest BCUT2D eigenvalue weighted by atomic mass is 10.7. The molecule has 13 heavy (non-hydrogen) atoms. The van der Waals surface area contributed by atoms with Gasteiger partial charge in [-0.25, -0.2) is 4.72 Å². The van der Waals surface area contributed by atoms with E-state index in [4.69, 9.17) is 9.84 Å². The Balaban J connectivity index is 3.41. The molecule has 0 aliphatic carbocycles. The van der Waals surface area contributed by atoms with Crippen molar-refractivity contribution in [2.45, 2.75) is 6.92 Å². The van der Waals surface area contributed by atoms with E-state index in [2.05, 4.69) is 9.44 Å². The molecule has 3 N–H and O–H groups in total. The second kappa shape index (κ2) is 7.22. The molecule has 0 aromatic heterocycles. The number of nitrogens with one attached hydrogen (secondary N) is 2. The molecule has 6 nitrogen and oxygen atoms in total. The number of rotatable bonds is 8. The maximum absolute atomic E-state index is 10.9. The standard InChI is InChI=1S/C6H16N2O4S/c1-2-7-13(10,11)8-3-5-12-6-4-9/h7-9H,2-6H2,1H3. The first-order chi connectivity index (χ1) is 6.12. The third kappa shape index (κ3) is 8.13. The van der Waals surface area contributed by atoms with Gasteiger partial charge >= 0.3 is 0 Å². The Morgan fingerprint density at radius 2 is 2.00 bits per heavy atom. The second-order valence-corrected chi connectivity index (χ2v) is 3.82. The molecule has 7 heteroatoms. The van der Waals surface area contributed by atoms with Gasteiger partial charge in [0, 0.05) is 13.1 Å². The molecule has 0 unspecified atom stereocenters. The third-order valence-corrected chi connectivity index (χ3v) is 2.36. The van der Waals surface area contributed by atoms with Crippen LogP contribution in [0.15, 0.2) is 0 Å². The maximum atomic E-state index is 10.9. The minimum absolute atomic E-state index is 0.0556. The van der Waals surface area contributed by atoms with E-state index < -0.39 is 10.2 Å². The van der Waals surface area contributed by atoms with Gasteiger partial charge in [0.15, 0.2) is 0 Å². The molecule has 0 bridgehead atoms. The van der Waals surface area contributed by atoms with Gasteiger partial charge in [-0.1, -0.05) is 6.92 Å². The fourth-order valence-electron chi connectivity index (χ4n) is 0.656. The molecule has 0 aromatic rings. The van der Waals surface area contributed by atoms with Crippen molar-refractivity contribution in [3.63, 3.8) is 0 Å². The first-order valence-corrected chi connectivity index (χ1v) is 5.53. The first kappa shape index (κ1) is 12.8. The van der Waals surface area contributed by atoms with Crippen LogP contribution in [0.3, 0.4) is 0 Å². The minimum Gasteiger partial charge on any atom is -0.394 e. The lowest BCUT2D eigenvalue weighted by Gasteiger charge is -2.06. The molecule has 0 rings (SSSR count). The van der Waals surface area contributed by atoms with Gasteiger partial charge in [-0.2, -0.15) is 13.1 Å². The Morgan fingerprint density at radius 3 is 2.54 bits per heavy atom. The molecule has 0 saturated heterocycles. The quantitative estimate of drug-likeness (QED) is 0.425. The van der Waals surface area contributed by atoms with E-state index in [0.29, 0.717) is 6.54 Å². The van der Waals surface area contributed by atoms with Crippen LogP contribution in [0, 0.1) is 0 Å². The fraction of sp³-hybridized carbons (Fsp3) is 1.00. The van der Waals surface area contributed by atoms with E-state index in [1.807, 2.05) is 0 Å². The average molecular weight is 212 g/mol. The zero-order chi connectivity index (χ0) is 10.2. The van der Waals surface area contributed by atoms with E-state index in [0.717, 1.165) is 0 Å². The summed E-state index contributed by atoms with van der Waals surface area (Å²) in [5, 5.41) is 8.33. The molecule has 0 atom stereocenters. The van der Waals surface area contributed by atoms with Crippen molar-refractivity contribution in [1.29, 1.82) is 0 Å². The van der Waals surface area contributed by atoms with Gasteiger partial charge in [0.05, 0.1) is 19.8 Å². The Morgan fingerprint density at radius 1 is 1.31 bits per heavy atom. The molecule has 0 heterocycles. The topological polar surface area (TPSA) is 87.7 Å². The molecule has 0 aliphatic heterocycles. The molecule has 80 valence electrons. The van der Waals surface area contributed by atoms with Crippen molar-refractivity contribution >= 4 is 10.2 Å². The summed E-state index contributed by atoms with van der Waals surface area (Å²) < 4.78 is 31.3. The van der Waals surface area contributed by atoms with Crippen LogP contribution in [0.4, 0.5) is 0 Å². The molecule has 0 radical (unpaired) electrons. The first-order valence-electron chi connectivity index (χ1n) is 4.05. The Kier molecular flexibility index (Phi) is 7.10. The normalized spacial score (nSPS) is 11.8. The van der Waals surface area contributed by atoms with Gasteiger partial charge < -0.3 is 9.84 Å². The van der Waals surface area contributed by atoms with E-state index in [1.165, 1.54) is 0 Å². The predicted octanol–water partition coefficient (Wildman–Crippen LogP) is -1.56. The van der Waals surface area contributed by atoms with Crippen molar-refractivity contribution in [1.82, 2.24) is 9.44 Å². The van der Waals surface area contributed by atoms with Crippen LogP contribution >= 0.6 is 0 Å². The summed E-state index contributed by atoms with van der Waals surface area (Å²) in [4.78, 5) is 0. The van der Waals surface area contributed by atoms with Gasteiger partial charge in [-0.15, -0.1) is 0 Å². The maximum Gasteiger partial charge on any atom is 0.276 e. The zero-order valence-corrected chi connectivity index (χ0v) is 8.43. The molecular weight excluding hydrogens is 196 g/mol. The number of ether oxygens (including phenoxy) is 1. The zero-order valence-electron chi connectivity index (χ0n) is 7.62. The van der Waals surface area contributed by atoms with E-state index >= 15 is 0 Å². The average Bonchev–Trinajstić information content (AvgIpc) is 2.04. The Labute approximate surface area is 78.5 Å². The lowest BCUT2D eigenvalue weighted by molar-refractivity contribution is 0.0961. The van der Waals surface area contributed by atoms with Crippen LogP contribution in [-0.2, 0) is 14.9 Å². The van der Waals surface area contributed by atoms with Crippen molar-refractivity contribution in [2.75, 3.05) is 32.9 Å². The van der Waals surface area contributed by atoms with Gasteiger partial charge in [0.1, 0.15) is 0 Å². The summed E-state index contributed by atoms with van der Waals surface area (Å²) >= 11 is 0. The Bertz CT molecular complexity index is 205. The molecule has 0 fully saturated rings. The molecule has 0 saturated carbocycles. The summed E-state index contributed by atoms with van der Waals surface area (Å²) in [6.45, 7) is 2.68. The number of hydrogen-bond acceptors (Lipinski definition) is 4. The van der Waals surface area contributed by atoms with Crippen LogP contribution < -0.4 is 9.44 Å². The summed E-state index contributed by atoms with van der Waals surface area (Å²) in [7, 11) is -3.36. The van der Waals surface area contributed by atoms with Gasteiger partial charge in [0.2, 0.25) is 0 Å². The minimum atomic E-state index is -3.36. The van der Waals surface area contributed by atoms with Gasteiger partial charge in [-0.3, -0.25) is 0 Å². The van der Waals surface area contributed by atoms with Crippen LogP contribution in [0.2, 0.25) is 0 Å². The Hall–Kier alpha value is -0.210. The predicted molar refractivity (Wildman–Crippen MR) is 48.5 cm³/mol. The van der Waals surface area contributed by atoms with Crippen molar-refractivity contribution in [3.8, 4) is 0 Å². The van der Waals surface area contributed by atoms with Crippen LogP contribution in [0.5, 0.6) is 0 Å². The highest BCUT2D eigenvalue weighted by Gasteiger charge is 2.04. The largest absolute Gasteiger partial charge is 0.394 e. The number of aliphatic hydroxyl groups excluding tert-OH is 1. The second-order valence-electron chi connectivity index (χ2n) is 2.23. The summed E-state index contributed by atoms with van der Waals surface area (Å²) in [6.07, 6.45) is 0. The van der Waals surface area contributed by atoms with Crippen molar-refractivity contribution in [2.24, 2.45) is 0 Å². The van der Waals surface area contributed by atoms with Crippen molar-refractivity contribution in [3.05, 3.63) is 0 Å². The highest BCUT2D eigenvalue weighted by molar-refractivity contribution is 7.87. The SMILES string of the molecule is CCNS(=O)(=O)NCCOCCO. The van der Waals surface area contributed by atoms with E-state index in [9.17, 15) is 8.42 Å². The smallest absolute Gasteiger partial charge is 0.276 e. The van der Waals surface area contributed by atoms with Crippen LogP contribution in [0.1, 0.15) is 6.92 Å². The summed E-state index contributed by atoms with van der Waals surface area (Å²) in [5.41, 5.74) is 0. The van der Waals surface area contributed by atoms with Crippen molar-refractivity contribution < 1.29 is 18.3 Å². The lowest BCUT2D eigenvalue weighted by Crippen LogP contribution is -2.38. The van der Waals surface area contributed by atoms with E-state index in [-0.39, 0.29) is 26.4 Å². The highest BCUT2D eigenvalue weighted by Crippen LogP contribution is 1.76. The number of hydrogen-bond donors (Lipinski definition) is 3. The molecule has 0 amide bonds. The molecule has 0 aliphatic rings. The number of aliphatic hydroxyl groups is 1. The molecular formula is C6H16N2O4S. The van der Waals surface area contributed by atoms with Gasteiger partial charge in [-0.05, 0) is 0 Å². The van der Waals surface area contributed by atoms with Crippen LogP contribution in [0.25, 0.3) is 0 Å². The summed E-state index contributed by atoms with van der Waals surface area (Å²) in [5.74, 6) is 0. The van der Waals surface area contributed by atoms with Crippen LogP contribution in [-0.4, -0.2) is 46.4 Å². The molecule has 0 spiro atoms. The monoisotopic (exact) mass is 212 g/mol. The van der Waals surface area contributed by atoms with E-state index in [1.54, 1.807) is 6.92 Å².